The second-order valence-electron chi connectivity index (χ2n) is 5.90. The van der Waals surface area contributed by atoms with E-state index in [1.54, 1.807) is 0 Å². The standard InChI is InChI=1S/C16H25NO2/c17-12-16(8-5-15(19)6-9-16)11-14-3-1-13(2-4-14)7-10-18/h1-4,15,18-19H,5-12,17H2. The Morgan fingerprint density at radius 1 is 1.11 bits per heavy atom. The van der Waals surface area contributed by atoms with Gasteiger partial charge in [-0.15, -0.1) is 0 Å². The van der Waals surface area contributed by atoms with Gasteiger partial charge in [-0.05, 0) is 61.6 Å². The van der Waals surface area contributed by atoms with E-state index in [1.807, 2.05) is 0 Å². The molecule has 0 atom stereocenters. The van der Waals surface area contributed by atoms with Crippen molar-refractivity contribution in [1.29, 1.82) is 0 Å². The van der Waals surface area contributed by atoms with Gasteiger partial charge in [-0.3, -0.25) is 0 Å². The maximum Gasteiger partial charge on any atom is 0.0540 e. The molecule has 3 nitrogen and oxygen atoms in total. The summed E-state index contributed by atoms with van der Waals surface area (Å²) in [5, 5.41) is 18.5. The van der Waals surface area contributed by atoms with Crippen molar-refractivity contribution in [2.45, 2.75) is 44.6 Å². The minimum atomic E-state index is -0.133. The Balaban J connectivity index is 2.01. The number of rotatable bonds is 5. The highest BCUT2D eigenvalue weighted by atomic mass is 16.3. The van der Waals surface area contributed by atoms with Crippen LogP contribution in [0.5, 0.6) is 0 Å². The quantitative estimate of drug-likeness (QED) is 0.756. The lowest BCUT2D eigenvalue weighted by atomic mass is 9.69. The lowest BCUT2D eigenvalue weighted by molar-refractivity contribution is 0.0665. The predicted octanol–water partition coefficient (Wildman–Crippen LogP) is 1.64. The van der Waals surface area contributed by atoms with Crippen molar-refractivity contribution in [2.75, 3.05) is 13.2 Å². The van der Waals surface area contributed by atoms with Crippen LogP contribution in [0, 0.1) is 5.41 Å². The molecule has 1 aliphatic carbocycles. The van der Waals surface area contributed by atoms with E-state index in [9.17, 15) is 5.11 Å². The molecule has 1 aromatic carbocycles. The predicted molar refractivity (Wildman–Crippen MR) is 76.9 cm³/mol. The topological polar surface area (TPSA) is 66.5 Å². The average Bonchev–Trinajstić information content (AvgIpc) is 2.44. The van der Waals surface area contributed by atoms with Gasteiger partial charge < -0.3 is 15.9 Å². The van der Waals surface area contributed by atoms with Gasteiger partial charge in [0.15, 0.2) is 0 Å². The lowest BCUT2D eigenvalue weighted by Crippen LogP contribution is -2.38. The number of aliphatic hydroxyl groups is 2. The van der Waals surface area contributed by atoms with Crippen LogP contribution in [0.4, 0.5) is 0 Å². The first-order valence-electron chi connectivity index (χ1n) is 7.24. The second-order valence-corrected chi connectivity index (χ2v) is 5.90. The van der Waals surface area contributed by atoms with Crippen LogP contribution >= 0.6 is 0 Å². The highest BCUT2D eigenvalue weighted by Crippen LogP contribution is 2.38. The van der Waals surface area contributed by atoms with Crippen molar-refractivity contribution < 1.29 is 10.2 Å². The summed E-state index contributed by atoms with van der Waals surface area (Å²) in [6.07, 6.45) is 5.36. The van der Waals surface area contributed by atoms with Crippen LogP contribution in [-0.4, -0.2) is 29.5 Å². The van der Waals surface area contributed by atoms with Crippen molar-refractivity contribution >= 4 is 0 Å². The number of hydrogen-bond donors (Lipinski definition) is 3. The Morgan fingerprint density at radius 3 is 2.21 bits per heavy atom. The fraction of sp³-hybridized carbons (Fsp3) is 0.625. The van der Waals surface area contributed by atoms with Gasteiger partial charge in [-0.2, -0.15) is 0 Å². The smallest absolute Gasteiger partial charge is 0.0540 e. The highest BCUT2D eigenvalue weighted by Gasteiger charge is 2.33. The van der Waals surface area contributed by atoms with E-state index in [0.29, 0.717) is 13.0 Å². The lowest BCUT2D eigenvalue weighted by Gasteiger charge is -2.38. The van der Waals surface area contributed by atoms with Gasteiger partial charge in [0.2, 0.25) is 0 Å². The average molecular weight is 263 g/mol. The molecule has 19 heavy (non-hydrogen) atoms. The minimum absolute atomic E-state index is 0.133. The molecule has 106 valence electrons. The SMILES string of the molecule is NCC1(Cc2ccc(CCO)cc2)CCC(O)CC1. The zero-order valence-corrected chi connectivity index (χ0v) is 11.5. The van der Waals surface area contributed by atoms with E-state index >= 15 is 0 Å². The molecule has 2 rings (SSSR count). The molecule has 0 amide bonds. The molecule has 1 aliphatic rings. The van der Waals surface area contributed by atoms with Crippen LogP contribution in [-0.2, 0) is 12.8 Å². The molecule has 0 bridgehead atoms. The van der Waals surface area contributed by atoms with Crippen molar-refractivity contribution in [1.82, 2.24) is 0 Å². The fourth-order valence-corrected chi connectivity index (χ4v) is 3.05. The number of aliphatic hydroxyl groups excluding tert-OH is 2. The van der Waals surface area contributed by atoms with E-state index in [4.69, 9.17) is 10.8 Å². The van der Waals surface area contributed by atoms with Crippen LogP contribution in [0.15, 0.2) is 24.3 Å². The summed E-state index contributed by atoms with van der Waals surface area (Å²) in [4.78, 5) is 0. The molecule has 1 saturated carbocycles. The van der Waals surface area contributed by atoms with Gasteiger partial charge in [0.1, 0.15) is 0 Å². The van der Waals surface area contributed by atoms with E-state index in [2.05, 4.69) is 24.3 Å². The third-order valence-electron chi connectivity index (χ3n) is 4.45. The molecular weight excluding hydrogens is 238 g/mol. The van der Waals surface area contributed by atoms with E-state index in [1.165, 1.54) is 11.1 Å². The first-order chi connectivity index (χ1) is 9.17. The molecular formula is C16H25NO2. The molecule has 1 aromatic rings. The van der Waals surface area contributed by atoms with Crippen LogP contribution in [0.2, 0.25) is 0 Å². The molecule has 0 unspecified atom stereocenters. The minimum Gasteiger partial charge on any atom is -0.396 e. The maximum absolute atomic E-state index is 9.63. The Morgan fingerprint density at radius 2 is 1.68 bits per heavy atom. The van der Waals surface area contributed by atoms with Crippen LogP contribution < -0.4 is 5.73 Å². The Kier molecular flexibility index (Phi) is 4.97. The largest absolute Gasteiger partial charge is 0.396 e. The molecule has 1 fully saturated rings. The Hall–Kier alpha value is -0.900. The van der Waals surface area contributed by atoms with Crippen LogP contribution in [0.25, 0.3) is 0 Å². The van der Waals surface area contributed by atoms with Gasteiger partial charge >= 0.3 is 0 Å². The summed E-state index contributed by atoms with van der Waals surface area (Å²) in [5.74, 6) is 0. The third kappa shape index (κ3) is 3.78. The van der Waals surface area contributed by atoms with Crippen molar-refractivity contribution in [3.05, 3.63) is 35.4 Å². The maximum atomic E-state index is 9.63. The van der Waals surface area contributed by atoms with Crippen molar-refractivity contribution in [2.24, 2.45) is 11.1 Å². The fourth-order valence-electron chi connectivity index (χ4n) is 3.05. The Labute approximate surface area is 115 Å². The van der Waals surface area contributed by atoms with Gasteiger partial charge in [0, 0.05) is 6.61 Å². The molecule has 0 heterocycles. The van der Waals surface area contributed by atoms with E-state index < -0.39 is 0 Å². The summed E-state index contributed by atoms with van der Waals surface area (Å²) in [6.45, 7) is 0.891. The molecule has 0 saturated heterocycles. The summed E-state index contributed by atoms with van der Waals surface area (Å²) < 4.78 is 0. The van der Waals surface area contributed by atoms with Gasteiger partial charge in [0.25, 0.3) is 0 Å². The third-order valence-corrected chi connectivity index (χ3v) is 4.45. The highest BCUT2D eigenvalue weighted by molar-refractivity contribution is 5.24. The zero-order valence-electron chi connectivity index (χ0n) is 11.5. The van der Waals surface area contributed by atoms with Crippen molar-refractivity contribution in [3.8, 4) is 0 Å². The second kappa shape index (κ2) is 6.51. The molecule has 0 spiro atoms. The van der Waals surface area contributed by atoms with Gasteiger partial charge in [-0.1, -0.05) is 24.3 Å². The van der Waals surface area contributed by atoms with Gasteiger partial charge in [0.05, 0.1) is 6.10 Å². The molecule has 0 aromatic heterocycles. The van der Waals surface area contributed by atoms with Crippen molar-refractivity contribution in [3.63, 3.8) is 0 Å². The molecule has 0 radical (unpaired) electrons. The first kappa shape index (κ1) is 14.5. The van der Waals surface area contributed by atoms with Gasteiger partial charge in [-0.25, -0.2) is 0 Å². The summed E-state index contributed by atoms with van der Waals surface area (Å²) in [6, 6.07) is 8.47. The summed E-state index contributed by atoms with van der Waals surface area (Å²) in [7, 11) is 0. The molecule has 4 N–H and O–H groups in total. The summed E-state index contributed by atoms with van der Waals surface area (Å²) in [5.41, 5.74) is 8.64. The first-order valence-corrected chi connectivity index (χ1v) is 7.24. The number of benzene rings is 1. The monoisotopic (exact) mass is 263 g/mol. The molecule has 0 aliphatic heterocycles. The number of nitrogens with two attached hydrogens (primary N) is 1. The van der Waals surface area contributed by atoms with E-state index in [-0.39, 0.29) is 18.1 Å². The van der Waals surface area contributed by atoms with E-state index in [0.717, 1.165) is 32.1 Å². The van der Waals surface area contributed by atoms with Crippen LogP contribution in [0.3, 0.4) is 0 Å². The Bertz CT molecular complexity index is 380. The normalized spacial score (nSPS) is 27.4. The van der Waals surface area contributed by atoms with Crippen LogP contribution in [0.1, 0.15) is 36.8 Å². The summed E-state index contributed by atoms with van der Waals surface area (Å²) >= 11 is 0. The zero-order chi connectivity index (χ0) is 13.7. The molecule has 3 heteroatoms. The number of hydrogen-bond acceptors (Lipinski definition) is 3.